The molecule has 3 rings (SSSR count). The van der Waals surface area contributed by atoms with E-state index in [0.29, 0.717) is 24.2 Å². The van der Waals surface area contributed by atoms with E-state index in [1.165, 1.54) is 6.42 Å². The molecule has 3 aliphatic rings. The van der Waals surface area contributed by atoms with Gasteiger partial charge in [0.25, 0.3) is 0 Å². The molecule has 2 aliphatic heterocycles. The Hall–Kier alpha value is -0.200. The molecule has 5 heteroatoms. The summed E-state index contributed by atoms with van der Waals surface area (Å²) in [7, 11) is 0. The maximum absolute atomic E-state index is 10.1. The molecule has 0 aromatic heterocycles. The molecular formula is C15H26O5. The third-order valence-electron chi connectivity index (χ3n) is 5.88. The summed E-state index contributed by atoms with van der Waals surface area (Å²) >= 11 is 0. The van der Waals surface area contributed by atoms with Crippen molar-refractivity contribution in [1.29, 1.82) is 0 Å². The van der Waals surface area contributed by atoms with Crippen molar-refractivity contribution < 1.29 is 24.7 Å². The van der Waals surface area contributed by atoms with Crippen LogP contribution in [0.2, 0.25) is 0 Å². The van der Waals surface area contributed by atoms with E-state index in [1.807, 2.05) is 0 Å². The predicted molar refractivity (Wildman–Crippen MR) is 71.3 cm³/mol. The zero-order valence-electron chi connectivity index (χ0n) is 12.5. The average Bonchev–Trinajstić information content (AvgIpc) is 2.57. The minimum atomic E-state index is -1.04. The SMILES string of the molecule is C[C@H]1[C@H](O)OC2O[C@](C)(OO)CC[C@@H]3C2[C@H]1CC[C@H]3C. The van der Waals surface area contributed by atoms with E-state index in [2.05, 4.69) is 18.7 Å². The van der Waals surface area contributed by atoms with Crippen LogP contribution in [0.3, 0.4) is 0 Å². The summed E-state index contributed by atoms with van der Waals surface area (Å²) in [5.41, 5.74) is 0. The van der Waals surface area contributed by atoms with Crippen LogP contribution in [0.4, 0.5) is 0 Å². The smallest absolute Gasteiger partial charge is 0.201 e. The maximum atomic E-state index is 10.1. The molecule has 2 unspecified atom stereocenters. The molecule has 116 valence electrons. The van der Waals surface area contributed by atoms with Gasteiger partial charge in [0.15, 0.2) is 12.6 Å². The molecular weight excluding hydrogens is 260 g/mol. The summed E-state index contributed by atoms with van der Waals surface area (Å²) in [6.45, 7) is 6.08. The van der Waals surface area contributed by atoms with Crippen molar-refractivity contribution in [1.82, 2.24) is 0 Å². The van der Waals surface area contributed by atoms with Crippen molar-refractivity contribution in [3.63, 3.8) is 0 Å². The Labute approximate surface area is 120 Å². The number of aliphatic hydroxyl groups excluding tert-OH is 1. The molecule has 1 saturated carbocycles. The van der Waals surface area contributed by atoms with Gasteiger partial charge in [0.05, 0.1) is 0 Å². The Balaban J connectivity index is 1.92. The number of aliphatic hydroxyl groups is 1. The van der Waals surface area contributed by atoms with Crippen LogP contribution < -0.4 is 0 Å². The molecule has 2 saturated heterocycles. The number of hydrogen-bond acceptors (Lipinski definition) is 5. The van der Waals surface area contributed by atoms with E-state index < -0.39 is 18.4 Å². The van der Waals surface area contributed by atoms with E-state index in [-0.39, 0.29) is 11.8 Å². The molecule has 0 amide bonds. The standard InChI is InChI=1S/C15H26O5/c1-8-4-5-11-9(2)13(16)18-14-12(11)10(8)6-7-15(3,19-14)20-17/h8-14,16-17H,4-7H2,1-3H3/t8-,9-,10+,11+,12?,13-,14?,15-/m1/s1. The lowest BCUT2D eigenvalue weighted by molar-refractivity contribution is -0.442. The van der Waals surface area contributed by atoms with Gasteiger partial charge in [0, 0.05) is 18.3 Å². The van der Waals surface area contributed by atoms with Crippen LogP contribution >= 0.6 is 0 Å². The van der Waals surface area contributed by atoms with Crippen molar-refractivity contribution in [2.24, 2.45) is 29.6 Å². The summed E-state index contributed by atoms with van der Waals surface area (Å²) < 4.78 is 11.6. The Morgan fingerprint density at radius 1 is 1.15 bits per heavy atom. The highest BCUT2D eigenvalue weighted by Crippen LogP contribution is 2.53. The van der Waals surface area contributed by atoms with Crippen LogP contribution in [0, 0.1) is 29.6 Å². The Bertz CT molecular complexity index is 362. The molecule has 2 heterocycles. The number of ether oxygens (including phenoxy) is 2. The van der Waals surface area contributed by atoms with Gasteiger partial charge in [-0.3, -0.25) is 0 Å². The van der Waals surface area contributed by atoms with Crippen LogP contribution in [0.1, 0.15) is 46.5 Å². The quantitative estimate of drug-likeness (QED) is 0.573. The molecule has 2 N–H and O–H groups in total. The van der Waals surface area contributed by atoms with Crippen LogP contribution in [0.5, 0.6) is 0 Å². The molecule has 0 aromatic carbocycles. The molecule has 1 aliphatic carbocycles. The van der Waals surface area contributed by atoms with Crippen LogP contribution in [-0.4, -0.2) is 28.7 Å². The highest BCUT2D eigenvalue weighted by molar-refractivity contribution is 4.95. The second-order valence-corrected chi connectivity index (χ2v) is 7.10. The first-order valence-electron chi connectivity index (χ1n) is 7.79. The summed E-state index contributed by atoms with van der Waals surface area (Å²) in [6, 6.07) is 0. The fraction of sp³-hybridized carbons (Fsp3) is 1.00. The van der Waals surface area contributed by atoms with Gasteiger partial charge in [-0.15, -0.1) is 0 Å². The zero-order chi connectivity index (χ0) is 14.5. The molecule has 0 radical (unpaired) electrons. The van der Waals surface area contributed by atoms with Gasteiger partial charge in [-0.1, -0.05) is 20.3 Å². The first-order valence-corrected chi connectivity index (χ1v) is 7.79. The zero-order valence-corrected chi connectivity index (χ0v) is 12.5. The van der Waals surface area contributed by atoms with Gasteiger partial charge in [-0.05, 0) is 37.5 Å². The molecule has 20 heavy (non-hydrogen) atoms. The largest absolute Gasteiger partial charge is 0.368 e. The Kier molecular flexibility index (Phi) is 3.84. The first kappa shape index (κ1) is 14.7. The van der Waals surface area contributed by atoms with E-state index in [0.717, 1.165) is 12.8 Å². The number of hydrogen-bond donors (Lipinski definition) is 2. The predicted octanol–water partition coefficient (Wildman–Crippen LogP) is 2.59. The Morgan fingerprint density at radius 2 is 1.90 bits per heavy atom. The molecule has 0 aromatic rings. The molecule has 5 nitrogen and oxygen atoms in total. The topological polar surface area (TPSA) is 68.2 Å². The molecule has 8 atom stereocenters. The highest BCUT2D eigenvalue weighted by Gasteiger charge is 2.54. The molecule has 3 fully saturated rings. The average molecular weight is 286 g/mol. The lowest BCUT2D eigenvalue weighted by Gasteiger charge is -2.51. The van der Waals surface area contributed by atoms with E-state index >= 15 is 0 Å². The fourth-order valence-electron chi connectivity index (χ4n) is 4.52. The van der Waals surface area contributed by atoms with Gasteiger partial charge in [0.1, 0.15) is 0 Å². The fourth-order valence-corrected chi connectivity index (χ4v) is 4.52. The van der Waals surface area contributed by atoms with E-state index in [1.54, 1.807) is 6.92 Å². The van der Waals surface area contributed by atoms with Gasteiger partial charge < -0.3 is 14.6 Å². The second-order valence-electron chi connectivity index (χ2n) is 7.10. The lowest BCUT2D eigenvalue weighted by atomic mass is 9.61. The van der Waals surface area contributed by atoms with Crippen LogP contribution in [-0.2, 0) is 14.4 Å². The summed E-state index contributed by atoms with van der Waals surface area (Å²) in [6.07, 6.45) is 2.62. The summed E-state index contributed by atoms with van der Waals surface area (Å²) in [4.78, 5) is 4.57. The third-order valence-corrected chi connectivity index (χ3v) is 5.88. The highest BCUT2D eigenvalue weighted by atomic mass is 17.1. The third kappa shape index (κ3) is 2.29. The van der Waals surface area contributed by atoms with Crippen molar-refractivity contribution in [2.45, 2.75) is 64.8 Å². The molecule has 0 spiro atoms. The van der Waals surface area contributed by atoms with E-state index in [4.69, 9.17) is 14.7 Å². The van der Waals surface area contributed by atoms with Crippen LogP contribution in [0.25, 0.3) is 0 Å². The minimum absolute atomic E-state index is 0.134. The van der Waals surface area contributed by atoms with E-state index in [9.17, 15) is 5.11 Å². The Morgan fingerprint density at radius 3 is 2.60 bits per heavy atom. The van der Waals surface area contributed by atoms with Crippen LogP contribution in [0.15, 0.2) is 0 Å². The van der Waals surface area contributed by atoms with Crippen molar-refractivity contribution >= 4 is 0 Å². The maximum Gasteiger partial charge on any atom is 0.201 e. The summed E-state index contributed by atoms with van der Waals surface area (Å²) in [5, 5.41) is 19.3. The van der Waals surface area contributed by atoms with Gasteiger partial charge >= 0.3 is 0 Å². The normalized spacial score (nSPS) is 56.0. The monoisotopic (exact) mass is 286 g/mol. The van der Waals surface area contributed by atoms with Gasteiger partial charge in [-0.25, -0.2) is 10.1 Å². The van der Waals surface area contributed by atoms with Crippen molar-refractivity contribution in [2.75, 3.05) is 0 Å². The van der Waals surface area contributed by atoms with Crippen molar-refractivity contribution in [3.8, 4) is 0 Å². The summed E-state index contributed by atoms with van der Waals surface area (Å²) in [5.74, 6) is 0.932. The minimum Gasteiger partial charge on any atom is -0.368 e. The lowest BCUT2D eigenvalue weighted by Crippen LogP contribution is -2.53. The van der Waals surface area contributed by atoms with Gasteiger partial charge in [0.2, 0.25) is 5.79 Å². The first-order chi connectivity index (χ1) is 9.45. The van der Waals surface area contributed by atoms with Crippen molar-refractivity contribution in [3.05, 3.63) is 0 Å². The van der Waals surface area contributed by atoms with Gasteiger partial charge in [-0.2, -0.15) is 0 Å². The number of rotatable bonds is 1. The molecule has 0 bridgehead atoms. The second kappa shape index (κ2) is 5.21.